The summed E-state index contributed by atoms with van der Waals surface area (Å²) >= 11 is 1.47. The van der Waals surface area contributed by atoms with E-state index < -0.39 is 6.36 Å². The maximum absolute atomic E-state index is 12.6. The molecule has 0 aliphatic rings. The number of aliphatic hydroxyl groups excluding tert-OH is 1. The predicted molar refractivity (Wildman–Crippen MR) is 139 cm³/mol. The molecule has 2 aromatic heterocycles. The summed E-state index contributed by atoms with van der Waals surface area (Å²) in [5.41, 5.74) is 5.78. The predicted octanol–water partition coefficient (Wildman–Crippen LogP) is 4.51. The second kappa shape index (κ2) is 13.5. The van der Waals surface area contributed by atoms with Crippen LogP contribution in [0.5, 0.6) is 5.75 Å². The minimum absolute atomic E-state index is 0.151. The molecule has 0 saturated heterocycles. The van der Waals surface area contributed by atoms with Crippen LogP contribution in [-0.4, -0.2) is 64.8 Å². The molecule has 0 radical (unpaired) electrons. The molecule has 0 fully saturated rings. The lowest BCUT2D eigenvalue weighted by Gasteiger charge is -2.13. The molecule has 0 amide bonds. The largest absolute Gasteiger partial charge is 0.573 e. The fourth-order valence-electron chi connectivity index (χ4n) is 3.96. The molecule has 0 atom stereocenters. The lowest BCUT2D eigenvalue weighted by molar-refractivity contribution is -0.274. The van der Waals surface area contributed by atoms with Crippen molar-refractivity contribution in [2.45, 2.75) is 32.2 Å². The number of nitrogens with zero attached hydrogens (tertiary/aromatic N) is 3. The maximum atomic E-state index is 12.6. The van der Waals surface area contributed by atoms with E-state index in [0.717, 1.165) is 40.0 Å². The molecule has 2 aromatic carbocycles. The Kier molecular flexibility index (Phi) is 9.87. The fourth-order valence-corrected chi connectivity index (χ4v) is 4.51. The third kappa shape index (κ3) is 8.38. The quantitative estimate of drug-likeness (QED) is 0.160. The molecule has 4 N–H and O–H groups in total. The molecule has 0 saturated carbocycles. The summed E-state index contributed by atoms with van der Waals surface area (Å²) in [6, 6.07) is 8.45. The van der Waals surface area contributed by atoms with Crippen molar-refractivity contribution < 1.29 is 27.8 Å². The number of alkyl halides is 3. The average molecular weight is 551 g/mol. The molecule has 0 unspecified atom stereocenters. The zero-order chi connectivity index (χ0) is 26.8. The highest BCUT2D eigenvalue weighted by molar-refractivity contribution is 7.12. The lowest BCUT2D eigenvalue weighted by Crippen LogP contribution is -2.18. The average Bonchev–Trinajstić information content (AvgIpc) is 3.56. The highest BCUT2D eigenvalue weighted by atomic mass is 32.1. The van der Waals surface area contributed by atoms with Crippen molar-refractivity contribution >= 4 is 27.9 Å². The van der Waals surface area contributed by atoms with E-state index in [4.69, 9.17) is 9.84 Å². The van der Waals surface area contributed by atoms with E-state index in [-0.39, 0.29) is 18.8 Å². The third-order valence-corrected chi connectivity index (χ3v) is 6.35. The van der Waals surface area contributed by atoms with Crippen LogP contribution in [0.1, 0.15) is 24.0 Å². The van der Waals surface area contributed by atoms with Crippen LogP contribution in [0.3, 0.4) is 0 Å². The number of halogens is 3. The second-order valence-electron chi connectivity index (χ2n) is 8.53. The second-order valence-corrected chi connectivity index (χ2v) is 9.36. The molecule has 204 valence electrons. The first kappa shape index (κ1) is 27.8. The lowest BCUT2D eigenvalue weighted by atomic mass is 10.1. The van der Waals surface area contributed by atoms with Gasteiger partial charge in [-0.1, -0.05) is 17.4 Å². The number of fused-ring (bicyclic) bond motifs is 1. The van der Waals surface area contributed by atoms with Gasteiger partial charge in [0, 0.05) is 42.9 Å². The molecule has 13 heteroatoms. The van der Waals surface area contributed by atoms with Crippen LogP contribution >= 0.6 is 11.3 Å². The van der Waals surface area contributed by atoms with Gasteiger partial charge in [-0.15, -0.1) is 23.4 Å². The van der Waals surface area contributed by atoms with Crippen molar-refractivity contribution in [3.05, 3.63) is 53.2 Å². The number of rotatable bonds is 15. The van der Waals surface area contributed by atoms with Crippen molar-refractivity contribution in [2.24, 2.45) is 0 Å². The number of benzene rings is 2. The van der Waals surface area contributed by atoms with Crippen molar-refractivity contribution in [3.63, 3.8) is 0 Å². The molecule has 4 aromatic rings. The van der Waals surface area contributed by atoms with E-state index >= 15 is 0 Å². The number of hydrogen-bond acceptors (Lipinski definition) is 9. The van der Waals surface area contributed by atoms with Crippen LogP contribution in [0.25, 0.3) is 21.5 Å². The Bertz CT molecular complexity index is 1280. The van der Waals surface area contributed by atoms with Gasteiger partial charge in [-0.25, -0.2) is 0 Å². The van der Waals surface area contributed by atoms with E-state index in [1.165, 1.54) is 23.5 Å². The Balaban J connectivity index is 1.13. The number of nitrogens with one attached hydrogen (secondary N) is 3. The van der Waals surface area contributed by atoms with Crippen LogP contribution in [0.15, 0.2) is 42.0 Å². The number of hydrogen-bond donors (Lipinski definition) is 4. The monoisotopic (exact) mass is 550 g/mol. The summed E-state index contributed by atoms with van der Waals surface area (Å²) < 4.78 is 47.5. The minimum atomic E-state index is -4.76. The first-order chi connectivity index (χ1) is 18.4. The summed E-state index contributed by atoms with van der Waals surface area (Å²) in [5, 5.41) is 32.7. The van der Waals surface area contributed by atoms with E-state index in [2.05, 4.69) is 35.8 Å². The summed E-state index contributed by atoms with van der Waals surface area (Å²) in [6.07, 6.45) is -1.01. The number of aliphatic hydroxyl groups is 1. The molecule has 0 aliphatic heterocycles. The van der Waals surface area contributed by atoms with Crippen LogP contribution in [0.4, 0.5) is 18.9 Å². The van der Waals surface area contributed by atoms with Gasteiger partial charge in [-0.05, 0) is 61.2 Å². The van der Waals surface area contributed by atoms with Gasteiger partial charge in [0.2, 0.25) is 0 Å². The minimum Gasteiger partial charge on any atom is -0.406 e. The third-order valence-electron chi connectivity index (χ3n) is 5.61. The smallest absolute Gasteiger partial charge is 0.406 e. The summed E-state index contributed by atoms with van der Waals surface area (Å²) in [4.78, 5) is 0. The number of ether oxygens (including phenoxy) is 2. The first-order valence-electron chi connectivity index (χ1n) is 12.2. The van der Waals surface area contributed by atoms with Gasteiger partial charge in [0.15, 0.2) is 0 Å². The van der Waals surface area contributed by atoms with Gasteiger partial charge < -0.3 is 25.2 Å². The Morgan fingerprint density at radius 1 is 1.03 bits per heavy atom. The molecule has 0 bridgehead atoms. The maximum Gasteiger partial charge on any atom is 0.573 e. The normalized spacial score (nSPS) is 11.8. The van der Waals surface area contributed by atoms with Gasteiger partial charge in [0.1, 0.15) is 16.3 Å². The van der Waals surface area contributed by atoms with Crippen molar-refractivity contribution in [1.29, 1.82) is 0 Å². The van der Waals surface area contributed by atoms with E-state index in [1.54, 1.807) is 17.8 Å². The zero-order valence-electron chi connectivity index (χ0n) is 20.6. The summed E-state index contributed by atoms with van der Waals surface area (Å²) in [5.74, 6) is -0.275. The van der Waals surface area contributed by atoms with E-state index in [1.807, 2.05) is 12.1 Å². The van der Waals surface area contributed by atoms with Crippen LogP contribution in [0, 0.1) is 0 Å². The molecule has 0 aliphatic carbocycles. The molecule has 2 heterocycles. The number of H-pyrrole nitrogens is 1. The van der Waals surface area contributed by atoms with Crippen LogP contribution in [0.2, 0.25) is 0 Å². The summed E-state index contributed by atoms with van der Waals surface area (Å²) in [7, 11) is 0. The molecule has 38 heavy (non-hydrogen) atoms. The number of anilines is 1. The van der Waals surface area contributed by atoms with Crippen molar-refractivity contribution in [1.82, 2.24) is 25.7 Å². The van der Waals surface area contributed by atoms with Gasteiger partial charge in [0.25, 0.3) is 0 Å². The fraction of sp³-hybridized carbons (Fsp3) is 0.400. The Hall–Kier alpha value is -3.26. The van der Waals surface area contributed by atoms with E-state index in [9.17, 15) is 13.2 Å². The molecular formula is C25H29F3N6O3S. The molecule has 9 nitrogen and oxygen atoms in total. The van der Waals surface area contributed by atoms with Gasteiger partial charge in [-0.2, -0.15) is 5.10 Å². The van der Waals surface area contributed by atoms with Crippen molar-refractivity contribution in [2.75, 3.05) is 38.2 Å². The van der Waals surface area contributed by atoms with E-state index in [0.29, 0.717) is 44.0 Å². The molecule has 4 rings (SSSR count). The first-order valence-corrected chi connectivity index (χ1v) is 13.0. The Labute approximate surface area is 221 Å². The summed E-state index contributed by atoms with van der Waals surface area (Å²) in [6.45, 7) is 2.71. The number of aromatic nitrogens is 4. The molecule has 0 spiro atoms. The standard InChI is InChI=1S/C25H29F3N6O3S/c26-25(27,28)37-20-10-17(3-6-35)9-18(11-20)14-29-4-1-2-7-36-8-5-30-22-12-19(24-34-32-16-38-24)13-23-21(22)15-31-33-23/h9-13,15-16,29-30,35H,1-8,14H2,(H,31,33). The number of aromatic amines is 1. The number of unbranched alkanes of at least 4 members (excludes halogenated alkanes) is 1. The zero-order valence-corrected chi connectivity index (χ0v) is 21.4. The van der Waals surface area contributed by atoms with Crippen molar-refractivity contribution in [3.8, 4) is 16.3 Å². The highest BCUT2D eigenvalue weighted by Crippen LogP contribution is 2.30. The Morgan fingerprint density at radius 3 is 2.68 bits per heavy atom. The van der Waals surface area contributed by atoms with Crippen LogP contribution in [-0.2, 0) is 17.7 Å². The van der Waals surface area contributed by atoms with Crippen LogP contribution < -0.4 is 15.4 Å². The van der Waals surface area contributed by atoms with Gasteiger partial charge in [0.05, 0.1) is 18.3 Å². The van der Waals surface area contributed by atoms with Gasteiger partial charge >= 0.3 is 6.36 Å². The topological polar surface area (TPSA) is 117 Å². The SMILES string of the molecule is OCCc1cc(CNCCCCOCCNc2cc(-c3nncs3)cc3[nH]ncc23)cc(OC(F)(F)F)c1. The Morgan fingerprint density at radius 2 is 1.89 bits per heavy atom. The van der Waals surface area contributed by atoms with Gasteiger partial charge in [-0.3, -0.25) is 5.10 Å². The molecular weight excluding hydrogens is 521 g/mol. The highest BCUT2D eigenvalue weighted by Gasteiger charge is 2.31.